The van der Waals surface area contributed by atoms with Gasteiger partial charge in [-0.2, -0.15) is 0 Å². The van der Waals surface area contributed by atoms with Crippen LogP contribution in [0.5, 0.6) is 0 Å². The molecule has 0 aliphatic rings. The van der Waals surface area contributed by atoms with Crippen molar-refractivity contribution in [3.05, 3.63) is 51.7 Å². The summed E-state index contributed by atoms with van der Waals surface area (Å²) >= 11 is 1.62. The fraction of sp³-hybridized carbons (Fsp3) is 0.308. The van der Waals surface area contributed by atoms with Gasteiger partial charge in [0.1, 0.15) is 5.82 Å². The normalized spacial score (nSPS) is 12.6. The monoisotopic (exact) mass is 250 g/mol. The van der Waals surface area contributed by atoms with E-state index in [1.54, 1.807) is 17.4 Å². The van der Waals surface area contributed by atoms with Crippen LogP contribution < -0.4 is 5.32 Å². The molecule has 0 bridgehead atoms. The van der Waals surface area contributed by atoms with Crippen molar-refractivity contribution in [2.45, 2.75) is 19.4 Å². The van der Waals surface area contributed by atoms with Crippen LogP contribution in [-0.4, -0.2) is 12.0 Å². The van der Waals surface area contributed by atoms with Crippen molar-refractivity contribution >= 4 is 11.3 Å². The minimum absolute atomic E-state index is 0.0665. The third-order valence-corrected chi connectivity index (χ3v) is 3.52. The summed E-state index contributed by atoms with van der Waals surface area (Å²) in [6.07, 6.45) is 0.617. The molecule has 1 aromatic heterocycles. The lowest BCUT2D eigenvalue weighted by Crippen LogP contribution is -2.19. The number of aromatic nitrogens is 1. The Morgan fingerprint density at radius 3 is 2.76 bits per heavy atom. The van der Waals surface area contributed by atoms with Gasteiger partial charge in [-0.25, -0.2) is 9.37 Å². The number of halogens is 1. The first kappa shape index (κ1) is 12.2. The van der Waals surface area contributed by atoms with Gasteiger partial charge in [0.15, 0.2) is 0 Å². The Morgan fingerprint density at radius 2 is 2.18 bits per heavy atom. The Kier molecular flexibility index (Phi) is 3.86. The van der Waals surface area contributed by atoms with E-state index in [2.05, 4.69) is 10.3 Å². The number of likely N-dealkylation sites (N-methyl/N-ethyl adjacent to an activating group) is 1. The molecule has 17 heavy (non-hydrogen) atoms. The molecule has 1 aromatic carbocycles. The lowest BCUT2D eigenvalue weighted by Gasteiger charge is -2.14. The summed E-state index contributed by atoms with van der Waals surface area (Å²) < 4.78 is 13.6. The third-order valence-electron chi connectivity index (χ3n) is 2.72. The van der Waals surface area contributed by atoms with Gasteiger partial charge in [-0.15, -0.1) is 11.3 Å². The number of hydrogen-bond donors (Lipinski definition) is 1. The fourth-order valence-electron chi connectivity index (χ4n) is 1.78. The molecule has 2 nitrogen and oxygen atoms in total. The highest BCUT2D eigenvalue weighted by atomic mass is 32.1. The Labute approximate surface area is 105 Å². The molecule has 2 rings (SSSR count). The second-order valence-corrected chi connectivity index (χ2v) is 4.99. The van der Waals surface area contributed by atoms with E-state index in [0.29, 0.717) is 6.42 Å². The van der Waals surface area contributed by atoms with Crippen molar-refractivity contribution in [1.29, 1.82) is 0 Å². The van der Waals surface area contributed by atoms with Crippen LogP contribution >= 0.6 is 11.3 Å². The van der Waals surface area contributed by atoms with Crippen molar-refractivity contribution in [2.24, 2.45) is 0 Å². The van der Waals surface area contributed by atoms with E-state index >= 15 is 0 Å². The molecule has 0 amide bonds. The molecule has 1 N–H and O–H groups in total. The first-order valence-corrected chi connectivity index (χ1v) is 6.41. The van der Waals surface area contributed by atoms with Crippen molar-refractivity contribution < 1.29 is 4.39 Å². The van der Waals surface area contributed by atoms with Gasteiger partial charge >= 0.3 is 0 Å². The fourth-order valence-corrected chi connectivity index (χ4v) is 2.44. The summed E-state index contributed by atoms with van der Waals surface area (Å²) in [7, 11) is 1.88. The van der Waals surface area contributed by atoms with E-state index in [4.69, 9.17) is 0 Å². The second-order valence-electron chi connectivity index (χ2n) is 3.93. The zero-order chi connectivity index (χ0) is 12.3. The predicted molar refractivity (Wildman–Crippen MR) is 68.8 cm³/mol. The molecule has 4 heteroatoms. The SMILES string of the molecule is CNC(Cc1ccccc1F)c1csc(C)n1. The van der Waals surface area contributed by atoms with Gasteiger partial charge in [0.2, 0.25) is 0 Å². The maximum atomic E-state index is 13.6. The maximum absolute atomic E-state index is 13.6. The minimum atomic E-state index is -0.153. The van der Waals surface area contributed by atoms with Crippen LogP contribution in [0.1, 0.15) is 22.3 Å². The molecule has 90 valence electrons. The van der Waals surface area contributed by atoms with Crippen LogP contribution in [0.3, 0.4) is 0 Å². The topological polar surface area (TPSA) is 24.9 Å². The predicted octanol–water partition coefficient (Wildman–Crippen LogP) is 3.09. The van der Waals surface area contributed by atoms with Crippen LogP contribution in [-0.2, 0) is 6.42 Å². The van der Waals surface area contributed by atoms with E-state index in [1.165, 1.54) is 6.07 Å². The average Bonchev–Trinajstić information content (AvgIpc) is 2.75. The molecule has 1 unspecified atom stereocenters. The molecular weight excluding hydrogens is 235 g/mol. The highest BCUT2D eigenvalue weighted by molar-refractivity contribution is 7.09. The zero-order valence-corrected chi connectivity index (χ0v) is 10.7. The smallest absolute Gasteiger partial charge is 0.126 e. The number of hydrogen-bond acceptors (Lipinski definition) is 3. The molecule has 0 saturated heterocycles. The first-order chi connectivity index (χ1) is 8.20. The lowest BCUT2D eigenvalue weighted by molar-refractivity contribution is 0.546. The third kappa shape index (κ3) is 2.90. The number of nitrogens with one attached hydrogen (secondary N) is 1. The Morgan fingerprint density at radius 1 is 1.41 bits per heavy atom. The summed E-state index contributed by atoms with van der Waals surface area (Å²) in [5.41, 5.74) is 1.70. The first-order valence-electron chi connectivity index (χ1n) is 5.53. The summed E-state index contributed by atoms with van der Waals surface area (Å²) in [4.78, 5) is 4.44. The quantitative estimate of drug-likeness (QED) is 0.902. The van der Waals surface area contributed by atoms with E-state index in [9.17, 15) is 4.39 Å². The Bertz CT molecular complexity index is 496. The van der Waals surface area contributed by atoms with E-state index in [1.807, 2.05) is 31.5 Å². The molecule has 1 heterocycles. The maximum Gasteiger partial charge on any atom is 0.126 e. The molecule has 0 saturated carbocycles. The summed E-state index contributed by atoms with van der Waals surface area (Å²) in [5, 5.41) is 6.25. The van der Waals surface area contributed by atoms with Gasteiger partial charge in [-0.1, -0.05) is 18.2 Å². The minimum Gasteiger partial charge on any atom is -0.311 e. The number of thiazole rings is 1. The Hall–Kier alpha value is -1.26. The van der Waals surface area contributed by atoms with Gasteiger partial charge in [-0.05, 0) is 32.0 Å². The van der Waals surface area contributed by atoms with E-state index in [0.717, 1.165) is 16.3 Å². The second kappa shape index (κ2) is 5.38. The van der Waals surface area contributed by atoms with Gasteiger partial charge in [-0.3, -0.25) is 0 Å². The standard InChI is InChI=1S/C13H15FN2S/c1-9-16-13(8-17-9)12(15-2)7-10-5-3-4-6-11(10)14/h3-6,8,12,15H,7H2,1-2H3. The summed E-state index contributed by atoms with van der Waals surface area (Å²) in [6, 6.07) is 6.95. The lowest BCUT2D eigenvalue weighted by atomic mass is 10.0. The van der Waals surface area contributed by atoms with Crippen molar-refractivity contribution in [3.63, 3.8) is 0 Å². The molecule has 2 aromatic rings. The molecule has 0 fully saturated rings. The number of aryl methyl sites for hydroxylation is 1. The van der Waals surface area contributed by atoms with Crippen LogP contribution in [0.4, 0.5) is 4.39 Å². The van der Waals surface area contributed by atoms with E-state index in [-0.39, 0.29) is 11.9 Å². The summed E-state index contributed by atoms with van der Waals surface area (Å²) in [6.45, 7) is 1.98. The van der Waals surface area contributed by atoms with Gasteiger partial charge < -0.3 is 5.32 Å². The highest BCUT2D eigenvalue weighted by Crippen LogP contribution is 2.21. The van der Waals surface area contributed by atoms with Crippen LogP contribution in [0.25, 0.3) is 0 Å². The van der Waals surface area contributed by atoms with Crippen LogP contribution in [0.15, 0.2) is 29.6 Å². The van der Waals surface area contributed by atoms with Crippen molar-refractivity contribution in [1.82, 2.24) is 10.3 Å². The van der Waals surface area contributed by atoms with Crippen LogP contribution in [0.2, 0.25) is 0 Å². The molecule has 0 aliphatic carbocycles. The van der Waals surface area contributed by atoms with Gasteiger partial charge in [0.25, 0.3) is 0 Å². The van der Waals surface area contributed by atoms with Crippen molar-refractivity contribution in [3.8, 4) is 0 Å². The average molecular weight is 250 g/mol. The number of benzene rings is 1. The van der Waals surface area contributed by atoms with Crippen molar-refractivity contribution in [2.75, 3.05) is 7.05 Å². The molecule has 0 aliphatic heterocycles. The molecule has 0 radical (unpaired) electrons. The van der Waals surface area contributed by atoms with Gasteiger partial charge in [0, 0.05) is 5.38 Å². The molecule has 1 atom stereocenters. The highest BCUT2D eigenvalue weighted by Gasteiger charge is 2.14. The van der Waals surface area contributed by atoms with E-state index < -0.39 is 0 Å². The Balaban J connectivity index is 2.18. The van der Waals surface area contributed by atoms with Gasteiger partial charge in [0.05, 0.1) is 16.7 Å². The summed E-state index contributed by atoms with van der Waals surface area (Å²) in [5.74, 6) is -0.153. The number of nitrogens with zero attached hydrogens (tertiary/aromatic N) is 1. The number of rotatable bonds is 4. The largest absolute Gasteiger partial charge is 0.311 e. The zero-order valence-electron chi connectivity index (χ0n) is 9.90. The van der Waals surface area contributed by atoms with Crippen LogP contribution in [0, 0.1) is 12.7 Å². The molecular formula is C13H15FN2S. The molecule has 0 spiro atoms.